The summed E-state index contributed by atoms with van der Waals surface area (Å²) in [6.07, 6.45) is 6.11. The summed E-state index contributed by atoms with van der Waals surface area (Å²) >= 11 is 3.43. The number of hydrogen-bond donors (Lipinski definition) is 1. The monoisotopic (exact) mass is 349 g/mol. The van der Waals surface area contributed by atoms with Crippen LogP contribution in [0.1, 0.15) is 31.6 Å². The first kappa shape index (κ1) is 14.7. The highest BCUT2D eigenvalue weighted by Crippen LogP contribution is 2.29. The maximum absolute atomic E-state index is 5.43. The van der Waals surface area contributed by atoms with Crippen LogP contribution in [0.15, 0.2) is 33.3 Å². The van der Waals surface area contributed by atoms with E-state index in [1.807, 2.05) is 31.3 Å². The third kappa shape index (κ3) is 3.52. The van der Waals surface area contributed by atoms with Gasteiger partial charge in [-0.3, -0.25) is 0 Å². The Morgan fingerprint density at radius 3 is 2.67 bits per heavy atom. The first-order valence-electron chi connectivity index (χ1n) is 7.52. The molecule has 0 spiro atoms. The molecule has 4 nitrogen and oxygen atoms in total. The van der Waals surface area contributed by atoms with E-state index in [1.54, 1.807) is 0 Å². The van der Waals surface area contributed by atoms with Gasteiger partial charge in [0, 0.05) is 22.5 Å². The highest BCUT2D eigenvalue weighted by molar-refractivity contribution is 9.10. The summed E-state index contributed by atoms with van der Waals surface area (Å²) in [6, 6.07) is 8.39. The molecule has 0 aliphatic heterocycles. The predicted octanol–water partition coefficient (Wildman–Crippen LogP) is 3.82. The van der Waals surface area contributed by atoms with Gasteiger partial charge < -0.3 is 9.84 Å². The minimum Gasteiger partial charge on any atom is -0.339 e. The SMILES string of the molecule is CNC(Cc1nc(-c2ccc(Br)cc2)no1)C1CCCC1. The summed E-state index contributed by atoms with van der Waals surface area (Å²) in [5, 5.41) is 7.52. The van der Waals surface area contributed by atoms with Crippen LogP contribution in [0.25, 0.3) is 11.4 Å². The van der Waals surface area contributed by atoms with E-state index in [-0.39, 0.29) is 0 Å². The first-order chi connectivity index (χ1) is 10.3. The molecule has 1 heterocycles. The molecular formula is C16H20BrN3O. The van der Waals surface area contributed by atoms with Crippen LogP contribution in [-0.4, -0.2) is 23.2 Å². The molecule has 2 aromatic rings. The molecule has 3 rings (SSSR count). The lowest BCUT2D eigenvalue weighted by atomic mass is 9.95. The second-order valence-corrected chi connectivity index (χ2v) is 6.58. The molecule has 1 unspecified atom stereocenters. The lowest BCUT2D eigenvalue weighted by molar-refractivity contribution is 0.318. The van der Waals surface area contributed by atoms with Crippen LogP contribution in [0, 0.1) is 5.92 Å². The molecule has 112 valence electrons. The van der Waals surface area contributed by atoms with Gasteiger partial charge in [0.05, 0.1) is 0 Å². The summed E-state index contributed by atoms with van der Waals surface area (Å²) in [5.41, 5.74) is 0.982. The van der Waals surface area contributed by atoms with Crippen LogP contribution in [0.2, 0.25) is 0 Å². The number of halogens is 1. The quantitative estimate of drug-likeness (QED) is 0.891. The summed E-state index contributed by atoms with van der Waals surface area (Å²) < 4.78 is 6.48. The maximum Gasteiger partial charge on any atom is 0.228 e. The van der Waals surface area contributed by atoms with Gasteiger partial charge in [-0.2, -0.15) is 4.98 Å². The van der Waals surface area contributed by atoms with Crippen molar-refractivity contribution in [3.8, 4) is 11.4 Å². The van der Waals surface area contributed by atoms with Crippen molar-refractivity contribution in [3.05, 3.63) is 34.6 Å². The van der Waals surface area contributed by atoms with Crippen molar-refractivity contribution >= 4 is 15.9 Å². The average molecular weight is 350 g/mol. The van der Waals surface area contributed by atoms with Gasteiger partial charge in [-0.05, 0) is 50.1 Å². The van der Waals surface area contributed by atoms with Gasteiger partial charge in [-0.1, -0.05) is 33.9 Å². The van der Waals surface area contributed by atoms with Crippen molar-refractivity contribution in [3.63, 3.8) is 0 Å². The minimum absolute atomic E-state index is 0.436. The molecule has 0 bridgehead atoms. The van der Waals surface area contributed by atoms with Crippen molar-refractivity contribution in [1.82, 2.24) is 15.5 Å². The van der Waals surface area contributed by atoms with E-state index < -0.39 is 0 Å². The van der Waals surface area contributed by atoms with Crippen LogP contribution in [0.5, 0.6) is 0 Å². The molecule has 1 aromatic carbocycles. The molecule has 0 saturated heterocycles. The molecule has 1 aromatic heterocycles. The third-order valence-electron chi connectivity index (χ3n) is 4.30. The van der Waals surface area contributed by atoms with Crippen LogP contribution < -0.4 is 5.32 Å². The Morgan fingerprint density at radius 2 is 2.00 bits per heavy atom. The predicted molar refractivity (Wildman–Crippen MR) is 85.9 cm³/mol. The minimum atomic E-state index is 0.436. The van der Waals surface area contributed by atoms with E-state index in [1.165, 1.54) is 25.7 Å². The van der Waals surface area contributed by atoms with Crippen LogP contribution in [-0.2, 0) is 6.42 Å². The largest absolute Gasteiger partial charge is 0.339 e. The van der Waals surface area contributed by atoms with Crippen molar-refractivity contribution in [1.29, 1.82) is 0 Å². The number of benzene rings is 1. The van der Waals surface area contributed by atoms with Crippen molar-refractivity contribution in [2.75, 3.05) is 7.05 Å². The van der Waals surface area contributed by atoms with Crippen LogP contribution in [0.3, 0.4) is 0 Å². The molecule has 1 aliphatic carbocycles. The summed E-state index contributed by atoms with van der Waals surface area (Å²) in [5.74, 6) is 2.12. The van der Waals surface area contributed by atoms with E-state index in [0.29, 0.717) is 11.9 Å². The average Bonchev–Trinajstić information content (AvgIpc) is 3.17. The zero-order chi connectivity index (χ0) is 14.7. The number of rotatable bonds is 5. The standard InChI is InChI=1S/C16H20BrN3O/c1-18-14(11-4-2-3-5-11)10-15-19-16(20-21-15)12-6-8-13(17)9-7-12/h6-9,11,14,18H,2-5,10H2,1H3. The van der Waals surface area contributed by atoms with Crippen molar-refractivity contribution in [2.24, 2.45) is 5.92 Å². The Morgan fingerprint density at radius 1 is 1.29 bits per heavy atom. The van der Waals surface area contributed by atoms with Gasteiger partial charge in [0.2, 0.25) is 11.7 Å². The molecule has 0 radical (unpaired) electrons. The molecule has 1 atom stereocenters. The Kier molecular flexibility index (Phi) is 4.70. The zero-order valence-electron chi connectivity index (χ0n) is 12.2. The van der Waals surface area contributed by atoms with Gasteiger partial charge in [0.1, 0.15) is 0 Å². The lowest BCUT2D eigenvalue weighted by Gasteiger charge is -2.20. The first-order valence-corrected chi connectivity index (χ1v) is 8.31. The summed E-state index contributed by atoms with van der Waals surface area (Å²) in [6.45, 7) is 0. The lowest BCUT2D eigenvalue weighted by Crippen LogP contribution is -2.34. The Bertz CT molecular complexity index is 575. The summed E-state index contributed by atoms with van der Waals surface area (Å²) in [7, 11) is 2.02. The van der Waals surface area contributed by atoms with Crippen molar-refractivity contribution < 1.29 is 4.52 Å². The van der Waals surface area contributed by atoms with Crippen LogP contribution in [0.4, 0.5) is 0 Å². The smallest absolute Gasteiger partial charge is 0.228 e. The highest BCUT2D eigenvalue weighted by atomic mass is 79.9. The maximum atomic E-state index is 5.43. The Balaban J connectivity index is 1.70. The zero-order valence-corrected chi connectivity index (χ0v) is 13.8. The van der Waals surface area contributed by atoms with Crippen molar-refractivity contribution in [2.45, 2.75) is 38.1 Å². The third-order valence-corrected chi connectivity index (χ3v) is 4.83. The fraction of sp³-hybridized carbons (Fsp3) is 0.500. The Hall–Kier alpha value is -1.20. The highest BCUT2D eigenvalue weighted by Gasteiger charge is 2.25. The van der Waals surface area contributed by atoms with E-state index in [4.69, 9.17) is 4.52 Å². The molecule has 0 amide bonds. The van der Waals surface area contributed by atoms with E-state index in [9.17, 15) is 0 Å². The topological polar surface area (TPSA) is 51.0 Å². The molecule has 21 heavy (non-hydrogen) atoms. The molecule has 1 aliphatic rings. The number of aromatic nitrogens is 2. The molecular weight excluding hydrogens is 330 g/mol. The Labute approximate surface area is 133 Å². The van der Waals surface area contributed by atoms with Crippen LogP contribution >= 0.6 is 15.9 Å². The van der Waals surface area contributed by atoms with Gasteiger partial charge in [-0.15, -0.1) is 0 Å². The molecule has 5 heteroatoms. The second kappa shape index (κ2) is 6.71. The van der Waals surface area contributed by atoms with E-state index in [0.717, 1.165) is 28.3 Å². The second-order valence-electron chi connectivity index (χ2n) is 5.66. The van der Waals surface area contributed by atoms with Gasteiger partial charge in [-0.25, -0.2) is 0 Å². The normalized spacial score (nSPS) is 17.2. The molecule has 1 N–H and O–H groups in total. The van der Waals surface area contributed by atoms with Gasteiger partial charge in [0.25, 0.3) is 0 Å². The van der Waals surface area contributed by atoms with E-state index in [2.05, 4.69) is 31.4 Å². The number of nitrogens with one attached hydrogen (secondary N) is 1. The van der Waals surface area contributed by atoms with Gasteiger partial charge >= 0.3 is 0 Å². The fourth-order valence-corrected chi connectivity index (χ4v) is 3.37. The molecule has 1 saturated carbocycles. The van der Waals surface area contributed by atoms with Gasteiger partial charge in [0.15, 0.2) is 0 Å². The van der Waals surface area contributed by atoms with E-state index >= 15 is 0 Å². The number of likely N-dealkylation sites (N-methyl/N-ethyl adjacent to an activating group) is 1. The fourth-order valence-electron chi connectivity index (χ4n) is 3.11. The number of hydrogen-bond acceptors (Lipinski definition) is 4. The summed E-state index contributed by atoms with van der Waals surface area (Å²) in [4.78, 5) is 4.54. The number of nitrogens with zero attached hydrogens (tertiary/aromatic N) is 2. The molecule has 1 fully saturated rings.